The van der Waals surface area contributed by atoms with Gasteiger partial charge in [0.15, 0.2) is 5.82 Å². The number of hydrogen-bond acceptors (Lipinski definition) is 6. The number of anilines is 3. The van der Waals surface area contributed by atoms with Crippen molar-refractivity contribution in [1.82, 2.24) is 25.1 Å². The second kappa shape index (κ2) is 9.53. The minimum Gasteiger partial charge on any atom is -0.367 e. The first-order valence-corrected chi connectivity index (χ1v) is 9.96. The standard InChI is InChI=1S/C23H23N7O/c1-17-10-11-24-22(16-17)27-21-9-8-20(28-29-21)25-12-13-26-23(31)18-4-6-19(7-5-18)30-14-2-3-15-30/h2-11,14-16H,12-13H2,1H3,(H,25,28)(H,26,31)(H,24,27,29). The summed E-state index contributed by atoms with van der Waals surface area (Å²) in [5, 5.41) is 17.4. The van der Waals surface area contributed by atoms with E-state index in [0.29, 0.717) is 30.3 Å². The number of carbonyl (C=O) groups excluding carboxylic acids is 1. The van der Waals surface area contributed by atoms with Crippen molar-refractivity contribution in [3.63, 3.8) is 0 Å². The van der Waals surface area contributed by atoms with Crippen LogP contribution in [0, 0.1) is 6.92 Å². The van der Waals surface area contributed by atoms with Crippen molar-refractivity contribution in [1.29, 1.82) is 0 Å². The van der Waals surface area contributed by atoms with Crippen molar-refractivity contribution >= 4 is 23.4 Å². The van der Waals surface area contributed by atoms with Crippen molar-refractivity contribution < 1.29 is 4.79 Å². The van der Waals surface area contributed by atoms with E-state index in [2.05, 4.69) is 31.1 Å². The molecule has 0 bridgehead atoms. The number of aromatic nitrogens is 4. The lowest BCUT2D eigenvalue weighted by atomic mass is 10.2. The van der Waals surface area contributed by atoms with Gasteiger partial charge in [-0.1, -0.05) is 0 Å². The highest BCUT2D eigenvalue weighted by molar-refractivity contribution is 5.94. The average molecular weight is 413 g/mol. The Morgan fingerprint density at radius 3 is 2.35 bits per heavy atom. The van der Waals surface area contributed by atoms with Gasteiger partial charge in [0.25, 0.3) is 5.91 Å². The van der Waals surface area contributed by atoms with Gasteiger partial charge in [-0.2, -0.15) is 0 Å². The fourth-order valence-electron chi connectivity index (χ4n) is 2.99. The Morgan fingerprint density at radius 1 is 0.903 bits per heavy atom. The van der Waals surface area contributed by atoms with Crippen molar-refractivity contribution in [2.45, 2.75) is 6.92 Å². The first kappa shape index (κ1) is 20.1. The summed E-state index contributed by atoms with van der Waals surface area (Å²) in [5.74, 6) is 1.85. The number of pyridine rings is 1. The third-order valence-corrected chi connectivity index (χ3v) is 4.58. The van der Waals surface area contributed by atoms with Crippen molar-refractivity contribution in [3.05, 3.63) is 90.4 Å². The zero-order valence-corrected chi connectivity index (χ0v) is 17.1. The van der Waals surface area contributed by atoms with E-state index < -0.39 is 0 Å². The molecule has 0 spiro atoms. The molecule has 3 N–H and O–H groups in total. The van der Waals surface area contributed by atoms with Gasteiger partial charge in [-0.25, -0.2) is 4.98 Å². The minimum atomic E-state index is -0.114. The first-order valence-electron chi connectivity index (χ1n) is 9.96. The summed E-state index contributed by atoms with van der Waals surface area (Å²) in [7, 11) is 0. The van der Waals surface area contributed by atoms with E-state index in [-0.39, 0.29) is 5.91 Å². The van der Waals surface area contributed by atoms with Gasteiger partial charge >= 0.3 is 0 Å². The van der Waals surface area contributed by atoms with Crippen molar-refractivity contribution in [2.24, 2.45) is 0 Å². The fourth-order valence-corrected chi connectivity index (χ4v) is 2.99. The maximum absolute atomic E-state index is 12.3. The Morgan fingerprint density at radius 2 is 1.65 bits per heavy atom. The van der Waals surface area contributed by atoms with Crippen molar-refractivity contribution in [3.8, 4) is 5.69 Å². The molecule has 3 heterocycles. The van der Waals surface area contributed by atoms with Crippen LogP contribution in [0.15, 0.2) is 79.3 Å². The van der Waals surface area contributed by atoms with Gasteiger partial charge < -0.3 is 20.5 Å². The summed E-state index contributed by atoms with van der Waals surface area (Å²) in [5.41, 5.74) is 2.75. The van der Waals surface area contributed by atoms with Crippen molar-refractivity contribution in [2.75, 3.05) is 23.7 Å². The molecule has 4 rings (SSSR count). The molecule has 4 aromatic rings. The molecule has 0 saturated carbocycles. The summed E-state index contributed by atoms with van der Waals surface area (Å²) in [6, 6.07) is 18.9. The van der Waals surface area contributed by atoms with E-state index in [1.807, 2.05) is 84.5 Å². The molecule has 156 valence electrons. The molecular formula is C23H23N7O. The van der Waals surface area contributed by atoms with E-state index in [9.17, 15) is 4.79 Å². The normalized spacial score (nSPS) is 10.5. The Labute approximate surface area is 180 Å². The first-order chi connectivity index (χ1) is 15.2. The molecule has 0 aliphatic rings. The molecule has 0 atom stereocenters. The Balaban J connectivity index is 1.22. The monoisotopic (exact) mass is 413 g/mol. The molecule has 8 heteroatoms. The number of nitrogens with one attached hydrogen (secondary N) is 3. The Bertz CT molecular complexity index is 1120. The molecule has 0 radical (unpaired) electrons. The molecule has 8 nitrogen and oxygen atoms in total. The molecular weight excluding hydrogens is 390 g/mol. The average Bonchev–Trinajstić information content (AvgIpc) is 3.33. The lowest BCUT2D eigenvalue weighted by Crippen LogP contribution is -2.28. The van der Waals surface area contributed by atoms with Crippen LogP contribution in [0.3, 0.4) is 0 Å². The molecule has 0 aliphatic carbocycles. The van der Waals surface area contributed by atoms with Crippen LogP contribution in [-0.2, 0) is 0 Å². The molecule has 0 unspecified atom stereocenters. The number of hydrogen-bond donors (Lipinski definition) is 3. The van der Waals surface area contributed by atoms with E-state index in [0.717, 1.165) is 17.1 Å². The second-order valence-electron chi connectivity index (χ2n) is 6.97. The van der Waals surface area contributed by atoms with Gasteiger partial charge in [-0.15, -0.1) is 10.2 Å². The zero-order chi connectivity index (χ0) is 21.5. The molecule has 1 amide bonds. The molecule has 0 fully saturated rings. The second-order valence-corrected chi connectivity index (χ2v) is 6.97. The number of nitrogens with zero attached hydrogens (tertiary/aromatic N) is 4. The number of amides is 1. The summed E-state index contributed by atoms with van der Waals surface area (Å²) in [4.78, 5) is 16.5. The van der Waals surface area contributed by atoms with Gasteiger partial charge in [0.05, 0.1) is 0 Å². The van der Waals surface area contributed by atoms with Crippen LogP contribution in [0.25, 0.3) is 5.69 Å². The van der Waals surface area contributed by atoms with E-state index in [1.165, 1.54) is 0 Å². The SMILES string of the molecule is Cc1ccnc(Nc2ccc(NCCNC(=O)c3ccc(-n4cccc4)cc3)nn2)c1. The highest BCUT2D eigenvalue weighted by Crippen LogP contribution is 2.13. The summed E-state index contributed by atoms with van der Waals surface area (Å²) >= 11 is 0. The van der Waals surface area contributed by atoms with E-state index in [4.69, 9.17) is 0 Å². The van der Waals surface area contributed by atoms with Gasteiger partial charge in [0, 0.05) is 42.9 Å². The third-order valence-electron chi connectivity index (χ3n) is 4.58. The van der Waals surface area contributed by atoms with Crippen LogP contribution < -0.4 is 16.0 Å². The highest BCUT2D eigenvalue weighted by atomic mass is 16.1. The summed E-state index contributed by atoms with van der Waals surface area (Å²) < 4.78 is 1.99. The number of carbonyl (C=O) groups is 1. The van der Waals surface area contributed by atoms with Crippen LogP contribution in [0.1, 0.15) is 15.9 Å². The predicted octanol–water partition coefficient (Wildman–Crippen LogP) is 3.56. The van der Waals surface area contributed by atoms with E-state index >= 15 is 0 Å². The van der Waals surface area contributed by atoms with Crippen LogP contribution >= 0.6 is 0 Å². The largest absolute Gasteiger partial charge is 0.367 e. The summed E-state index contributed by atoms with van der Waals surface area (Å²) in [6.45, 7) is 3.00. The molecule has 0 saturated heterocycles. The van der Waals surface area contributed by atoms with Gasteiger partial charge in [-0.05, 0) is 73.2 Å². The molecule has 0 aliphatic heterocycles. The van der Waals surface area contributed by atoms with Gasteiger partial charge in [-0.3, -0.25) is 4.79 Å². The number of aryl methyl sites for hydroxylation is 1. The van der Waals surface area contributed by atoms with Crippen LogP contribution in [0.5, 0.6) is 0 Å². The molecule has 1 aromatic carbocycles. The number of rotatable bonds is 8. The van der Waals surface area contributed by atoms with E-state index in [1.54, 1.807) is 6.20 Å². The zero-order valence-electron chi connectivity index (χ0n) is 17.1. The quantitative estimate of drug-likeness (QED) is 0.382. The van der Waals surface area contributed by atoms with Crippen LogP contribution in [0.2, 0.25) is 0 Å². The smallest absolute Gasteiger partial charge is 0.251 e. The van der Waals surface area contributed by atoms with Crippen LogP contribution in [0.4, 0.5) is 17.5 Å². The Hall–Kier alpha value is -4.20. The van der Waals surface area contributed by atoms with Gasteiger partial charge in [0.2, 0.25) is 0 Å². The highest BCUT2D eigenvalue weighted by Gasteiger charge is 2.05. The Kier molecular flexibility index (Phi) is 6.18. The number of benzene rings is 1. The summed E-state index contributed by atoms with van der Waals surface area (Å²) in [6.07, 6.45) is 5.67. The lowest BCUT2D eigenvalue weighted by Gasteiger charge is -2.09. The maximum atomic E-state index is 12.3. The van der Waals surface area contributed by atoms with Crippen LogP contribution in [-0.4, -0.2) is 38.7 Å². The minimum absolute atomic E-state index is 0.114. The molecule has 3 aromatic heterocycles. The maximum Gasteiger partial charge on any atom is 0.251 e. The molecule has 31 heavy (non-hydrogen) atoms. The third kappa shape index (κ3) is 5.45. The topological polar surface area (TPSA) is 96.8 Å². The lowest BCUT2D eigenvalue weighted by molar-refractivity contribution is 0.0955. The van der Waals surface area contributed by atoms with Gasteiger partial charge in [0.1, 0.15) is 11.6 Å². The predicted molar refractivity (Wildman–Crippen MR) is 121 cm³/mol. The fraction of sp³-hybridized carbons (Fsp3) is 0.130.